The Morgan fingerprint density at radius 1 is 1.25 bits per heavy atom. The molecule has 0 unspecified atom stereocenters. The van der Waals surface area contributed by atoms with Crippen molar-refractivity contribution in [3.63, 3.8) is 0 Å². The van der Waals surface area contributed by atoms with Crippen molar-refractivity contribution >= 4 is 17.4 Å². The van der Waals surface area contributed by atoms with Crippen LogP contribution < -0.4 is 0 Å². The van der Waals surface area contributed by atoms with E-state index < -0.39 is 0 Å². The van der Waals surface area contributed by atoms with Gasteiger partial charge in [-0.05, 0) is 12.0 Å². The minimum Gasteiger partial charge on any atom is -0.143 e. The average molecular weight is 230 g/mol. The standard InChI is InChI=1S/C13H14N2S/c1-3-5-12-14-15-13(16-12)11-8-6-10(4-2)7-9-11/h4,6-9H,2-3,5H2,1H3. The molecule has 1 heterocycles. The van der Waals surface area contributed by atoms with Crippen LogP contribution >= 0.6 is 11.3 Å². The molecular weight excluding hydrogens is 216 g/mol. The van der Waals surface area contributed by atoms with Gasteiger partial charge < -0.3 is 0 Å². The number of rotatable bonds is 4. The van der Waals surface area contributed by atoms with Crippen LogP contribution in [0, 0.1) is 0 Å². The summed E-state index contributed by atoms with van der Waals surface area (Å²) >= 11 is 1.68. The summed E-state index contributed by atoms with van der Waals surface area (Å²) in [6, 6.07) is 8.22. The third-order valence-electron chi connectivity index (χ3n) is 2.32. The molecule has 0 atom stereocenters. The molecule has 2 aromatic rings. The highest BCUT2D eigenvalue weighted by molar-refractivity contribution is 7.14. The molecular formula is C13H14N2S. The van der Waals surface area contributed by atoms with E-state index in [0.29, 0.717) is 0 Å². The summed E-state index contributed by atoms with van der Waals surface area (Å²) < 4.78 is 0. The zero-order chi connectivity index (χ0) is 11.4. The number of hydrogen-bond acceptors (Lipinski definition) is 3. The van der Waals surface area contributed by atoms with Gasteiger partial charge in [0.25, 0.3) is 0 Å². The molecule has 0 bridgehead atoms. The van der Waals surface area contributed by atoms with Gasteiger partial charge in [-0.3, -0.25) is 0 Å². The molecule has 0 saturated carbocycles. The lowest BCUT2D eigenvalue weighted by molar-refractivity contribution is 0.879. The van der Waals surface area contributed by atoms with Gasteiger partial charge in [-0.25, -0.2) is 0 Å². The molecule has 1 aromatic carbocycles. The van der Waals surface area contributed by atoms with Gasteiger partial charge in [-0.2, -0.15) is 0 Å². The summed E-state index contributed by atoms with van der Waals surface area (Å²) in [7, 11) is 0. The maximum absolute atomic E-state index is 4.20. The molecule has 0 radical (unpaired) electrons. The molecule has 0 N–H and O–H groups in total. The fraction of sp³-hybridized carbons (Fsp3) is 0.231. The first-order valence-corrected chi connectivity index (χ1v) is 6.20. The van der Waals surface area contributed by atoms with Gasteiger partial charge in [0.1, 0.15) is 10.0 Å². The van der Waals surface area contributed by atoms with Gasteiger partial charge in [-0.15, -0.1) is 10.2 Å². The van der Waals surface area contributed by atoms with Crippen LogP contribution in [0.5, 0.6) is 0 Å². The van der Waals surface area contributed by atoms with E-state index in [-0.39, 0.29) is 0 Å². The van der Waals surface area contributed by atoms with Gasteiger partial charge in [0.05, 0.1) is 0 Å². The summed E-state index contributed by atoms with van der Waals surface area (Å²) in [5.41, 5.74) is 2.26. The predicted molar refractivity (Wildman–Crippen MR) is 69.4 cm³/mol. The van der Waals surface area contributed by atoms with E-state index in [1.807, 2.05) is 18.2 Å². The van der Waals surface area contributed by atoms with E-state index >= 15 is 0 Å². The topological polar surface area (TPSA) is 25.8 Å². The minimum absolute atomic E-state index is 0.999. The number of aromatic nitrogens is 2. The highest BCUT2D eigenvalue weighted by Gasteiger charge is 2.05. The molecule has 0 saturated heterocycles. The van der Waals surface area contributed by atoms with Crippen molar-refractivity contribution in [2.24, 2.45) is 0 Å². The average Bonchev–Trinajstić information content (AvgIpc) is 2.78. The second kappa shape index (κ2) is 5.03. The Kier molecular flexibility index (Phi) is 3.47. The number of aryl methyl sites for hydroxylation is 1. The zero-order valence-electron chi connectivity index (χ0n) is 9.31. The van der Waals surface area contributed by atoms with Gasteiger partial charge in [0.2, 0.25) is 0 Å². The molecule has 0 spiro atoms. The SMILES string of the molecule is C=Cc1ccc(-c2nnc(CCC)s2)cc1. The molecule has 2 nitrogen and oxygen atoms in total. The number of hydrogen-bond donors (Lipinski definition) is 0. The normalized spacial score (nSPS) is 10.3. The summed E-state index contributed by atoms with van der Waals surface area (Å²) in [5.74, 6) is 0. The first kappa shape index (κ1) is 11.0. The lowest BCUT2D eigenvalue weighted by Gasteiger charge is -1.95. The molecule has 1 aromatic heterocycles. The van der Waals surface area contributed by atoms with Crippen molar-refractivity contribution in [1.82, 2.24) is 10.2 Å². The van der Waals surface area contributed by atoms with Gasteiger partial charge >= 0.3 is 0 Å². The smallest absolute Gasteiger partial charge is 0.143 e. The molecule has 2 rings (SSSR count). The highest BCUT2D eigenvalue weighted by Crippen LogP contribution is 2.24. The Morgan fingerprint density at radius 2 is 2.00 bits per heavy atom. The van der Waals surface area contributed by atoms with Crippen molar-refractivity contribution in [2.75, 3.05) is 0 Å². The second-order valence-electron chi connectivity index (χ2n) is 3.58. The minimum atomic E-state index is 0.999. The van der Waals surface area contributed by atoms with E-state index in [4.69, 9.17) is 0 Å². The molecule has 0 aliphatic rings. The molecule has 0 amide bonds. The second-order valence-corrected chi connectivity index (χ2v) is 4.64. The van der Waals surface area contributed by atoms with Crippen LogP contribution in [0.2, 0.25) is 0 Å². The van der Waals surface area contributed by atoms with Crippen LogP contribution in [0.4, 0.5) is 0 Å². The lowest BCUT2D eigenvalue weighted by atomic mass is 10.1. The maximum atomic E-state index is 4.20. The van der Waals surface area contributed by atoms with Crippen molar-refractivity contribution in [3.05, 3.63) is 41.4 Å². The van der Waals surface area contributed by atoms with Crippen LogP contribution in [-0.2, 0) is 6.42 Å². The summed E-state index contributed by atoms with van der Waals surface area (Å²) in [6.07, 6.45) is 3.97. The first-order valence-electron chi connectivity index (χ1n) is 5.38. The van der Waals surface area contributed by atoms with Crippen molar-refractivity contribution in [3.8, 4) is 10.6 Å². The summed E-state index contributed by atoms with van der Waals surface area (Å²) in [4.78, 5) is 0. The lowest BCUT2D eigenvalue weighted by Crippen LogP contribution is -1.80. The van der Waals surface area contributed by atoms with Crippen molar-refractivity contribution < 1.29 is 0 Å². The van der Waals surface area contributed by atoms with E-state index in [9.17, 15) is 0 Å². The third-order valence-corrected chi connectivity index (χ3v) is 3.36. The fourth-order valence-corrected chi connectivity index (χ4v) is 2.39. The van der Waals surface area contributed by atoms with Crippen LogP contribution in [-0.4, -0.2) is 10.2 Å². The summed E-state index contributed by atoms with van der Waals surface area (Å²) in [5, 5.41) is 10.5. The maximum Gasteiger partial charge on any atom is 0.147 e. The zero-order valence-corrected chi connectivity index (χ0v) is 10.1. The van der Waals surface area contributed by atoms with E-state index in [1.165, 1.54) is 0 Å². The number of nitrogens with zero attached hydrogens (tertiary/aromatic N) is 2. The van der Waals surface area contributed by atoms with E-state index in [2.05, 4.69) is 35.8 Å². The van der Waals surface area contributed by atoms with Gasteiger partial charge in [-0.1, -0.05) is 55.2 Å². The van der Waals surface area contributed by atoms with Crippen molar-refractivity contribution in [2.45, 2.75) is 19.8 Å². The quantitative estimate of drug-likeness (QED) is 0.798. The Bertz CT molecular complexity index is 471. The molecule has 0 aliphatic heterocycles. The van der Waals surface area contributed by atoms with E-state index in [0.717, 1.165) is 34.0 Å². The van der Waals surface area contributed by atoms with Crippen LogP contribution in [0.25, 0.3) is 16.6 Å². The molecule has 3 heteroatoms. The van der Waals surface area contributed by atoms with Gasteiger partial charge in [0, 0.05) is 12.0 Å². The fourth-order valence-electron chi connectivity index (χ4n) is 1.45. The molecule has 0 aliphatic carbocycles. The number of benzene rings is 1. The predicted octanol–water partition coefficient (Wildman–Crippen LogP) is 3.80. The Balaban J connectivity index is 2.24. The Labute approximate surface area is 99.7 Å². The van der Waals surface area contributed by atoms with Crippen LogP contribution in [0.1, 0.15) is 23.9 Å². The van der Waals surface area contributed by atoms with Crippen LogP contribution in [0.3, 0.4) is 0 Å². The largest absolute Gasteiger partial charge is 0.147 e. The first-order chi connectivity index (χ1) is 7.83. The molecule has 82 valence electrons. The monoisotopic (exact) mass is 230 g/mol. The van der Waals surface area contributed by atoms with Crippen LogP contribution in [0.15, 0.2) is 30.8 Å². The molecule has 16 heavy (non-hydrogen) atoms. The molecule has 0 fully saturated rings. The van der Waals surface area contributed by atoms with Gasteiger partial charge in [0.15, 0.2) is 0 Å². The summed E-state index contributed by atoms with van der Waals surface area (Å²) in [6.45, 7) is 5.89. The van der Waals surface area contributed by atoms with Crippen molar-refractivity contribution in [1.29, 1.82) is 0 Å². The third kappa shape index (κ3) is 2.36. The highest BCUT2D eigenvalue weighted by atomic mass is 32.1. The van der Waals surface area contributed by atoms with E-state index in [1.54, 1.807) is 11.3 Å². The Hall–Kier alpha value is -1.48. The Morgan fingerprint density at radius 3 is 2.62 bits per heavy atom.